The molecule has 0 aromatic carbocycles. The molecule has 0 spiro atoms. The smallest absolute Gasteiger partial charge is 0.370 e. The van der Waals surface area contributed by atoms with Crippen LogP contribution in [0.2, 0.25) is 0 Å². The van der Waals surface area contributed by atoms with Gasteiger partial charge in [-0.2, -0.15) is 13.2 Å². The largest absolute Gasteiger partial charge is 0.401 e. The van der Waals surface area contributed by atoms with Crippen molar-refractivity contribution in [1.82, 2.24) is 9.80 Å². The molecule has 0 atom stereocenters. The lowest BCUT2D eigenvalue weighted by Gasteiger charge is -2.35. The van der Waals surface area contributed by atoms with E-state index in [0.717, 1.165) is 0 Å². The topological polar surface area (TPSA) is 44.9 Å². The summed E-state index contributed by atoms with van der Waals surface area (Å²) in [5.74, 6) is 0.423. The average Bonchev–Trinajstić information content (AvgIpc) is 2.15. The molecule has 0 saturated carbocycles. The van der Waals surface area contributed by atoms with Gasteiger partial charge in [-0.25, -0.2) is 0 Å². The van der Waals surface area contributed by atoms with Crippen LogP contribution in [0.3, 0.4) is 0 Å². The minimum Gasteiger partial charge on any atom is -0.370 e. The summed E-state index contributed by atoms with van der Waals surface area (Å²) < 4.78 is 36.5. The summed E-state index contributed by atoms with van der Waals surface area (Å²) in [5.41, 5.74) is 5.76. The van der Waals surface area contributed by atoms with Crippen molar-refractivity contribution in [2.45, 2.75) is 26.1 Å². The van der Waals surface area contributed by atoms with Gasteiger partial charge in [-0.1, -0.05) is 0 Å². The Hall–Kier alpha value is -0.980. The second-order valence-electron chi connectivity index (χ2n) is 4.46. The van der Waals surface area contributed by atoms with Gasteiger partial charge in [-0.3, -0.25) is 9.89 Å². The molecule has 2 N–H and O–H groups in total. The molecular formula is C10H19F3N4. The maximum absolute atomic E-state index is 12.2. The molecule has 1 fully saturated rings. The van der Waals surface area contributed by atoms with E-state index in [1.165, 1.54) is 4.90 Å². The number of aliphatic imine (C=N–C) groups is 1. The van der Waals surface area contributed by atoms with Gasteiger partial charge in [0.15, 0.2) is 5.96 Å². The molecule has 4 nitrogen and oxygen atoms in total. The lowest BCUT2D eigenvalue weighted by atomic mass is 10.3. The fraction of sp³-hybridized carbons (Fsp3) is 0.900. The van der Waals surface area contributed by atoms with E-state index in [1.54, 1.807) is 0 Å². The van der Waals surface area contributed by atoms with Crippen LogP contribution in [0.4, 0.5) is 13.2 Å². The molecule has 1 rings (SSSR count). The van der Waals surface area contributed by atoms with Gasteiger partial charge >= 0.3 is 6.18 Å². The summed E-state index contributed by atoms with van der Waals surface area (Å²) in [4.78, 5) is 7.39. The lowest BCUT2D eigenvalue weighted by molar-refractivity contribution is -0.148. The number of rotatable bonds is 2. The molecular weight excluding hydrogens is 233 g/mol. The van der Waals surface area contributed by atoms with Crippen molar-refractivity contribution in [3.05, 3.63) is 0 Å². The molecule has 1 aliphatic heterocycles. The molecule has 1 heterocycles. The Bertz CT molecular complexity index is 267. The lowest BCUT2D eigenvalue weighted by Crippen LogP contribution is -2.53. The molecule has 100 valence electrons. The number of piperazine rings is 1. The first-order valence-corrected chi connectivity index (χ1v) is 5.65. The highest BCUT2D eigenvalue weighted by Gasteiger charge is 2.32. The van der Waals surface area contributed by atoms with Gasteiger partial charge in [-0.15, -0.1) is 0 Å². The van der Waals surface area contributed by atoms with Crippen LogP contribution in [-0.2, 0) is 0 Å². The van der Waals surface area contributed by atoms with Crippen molar-refractivity contribution in [1.29, 1.82) is 0 Å². The van der Waals surface area contributed by atoms with Crippen molar-refractivity contribution < 1.29 is 13.2 Å². The molecule has 0 aromatic heterocycles. The average molecular weight is 252 g/mol. The highest BCUT2D eigenvalue weighted by molar-refractivity contribution is 5.78. The van der Waals surface area contributed by atoms with Crippen molar-refractivity contribution in [2.75, 3.05) is 32.7 Å². The number of nitrogens with zero attached hydrogens (tertiary/aromatic N) is 3. The number of halogens is 3. The van der Waals surface area contributed by atoms with Crippen molar-refractivity contribution in [3.8, 4) is 0 Å². The Balaban J connectivity index is 2.41. The third-order valence-corrected chi connectivity index (χ3v) is 2.49. The number of hydrogen-bond donors (Lipinski definition) is 1. The molecule has 7 heteroatoms. The van der Waals surface area contributed by atoms with Crippen LogP contribution < -0.4 is 5.73 Å². The second-order valence-corrected chi connectivity index (χ2v) is 4.46. The van der Waals surface area contributed by atoms with Crippen LogP contribution in [0, 0.1) is 0 Å². The van der Waals surface area contributed by atoms with E-state index in [-0.39, 0.29) is 6.04 Å². The number of hydrogen-bond acceptors (Lipinski definition) is 2. The highest BCUT2D eigenvalue weighted by atomic mass is 19.4. The molecule has 0 aliphatic carbocycles. The van der Waals surface area contributed by atoms with E-state index >= 15 is 0 Å². The van der Waals surface area contributed by atoms with Crippen molar-refractivity contribution >= 4 is 5.96 Å². The van der Waals surface area contributed by atoms with Gasteiger partial charge in [-0.05, 0) is 13.8 Å². The fourth-order valence-corrected chi connectivity index (χ4v) is 1.73. The molecule has 1 aliphatic rings. The molecule has 0 unspecified atom stereocenters. The van der Waals surface area contributed by atoms with E-state index in [2.05, 4.69) is 4.99 Å². The number of nitrogens with two attached hydrogens (primary N) is 1. The molecule has 17 heavy (non-hydrogen) atoms. The van der Waals surface area contributed by atoms with Gasteiger partial charge in [0.2, 0.25) is 0 Å². The van der Waals surface area contributed by atoms with Crippen LogP contribution in [0.15, 0.2) is 4.99 Å². The van der Waals surface area contributed by atoms with E-state index in [0.29, 0.717) is 32.1 Å². The van der Waals surface area contributed by atoms with Gasteiger partial charge < -0.3 is 10.6 Å². The van der Waals surface area contributed by atoms with Gasteiger partial charge in [0.05, 0.1) is 6.54 Å². The standard InChI is InChI=1S/C10H19F3N4/c1-8(2)15-9(14)17-5-3-16(4-6-17)7-10(11,12)13/h8H,3-7H2,1-2H3,(H2,14,15). The van der Waals surface area contributed by atoms with Crippen LogP contribution in [0.1, 0.15) is 13.8 Å². The van der Waals surface area contributed by atoms with Crippen LogP contribution >= 0.6 is 0 Å². The molecule has 0 bridgehead atoms. The highest BCUT2D eigenvalue weighted by Crippen LogP contribution is 2.17. The first-order chi connectivity index (χ1) is 7.78. The van der Waals surface area contributed by atoms with E-state index in [1.807, 2.05) is 18.7 Å². The summed E-state index contributed by atoms with van der Waals surface area (Å²) >= 11 is 0. The van der Waals surface area contributed by atoms with Crippen molar-refractivity contribution in [3.63, 3.8) is 0 Å². The summed E-state index contributed by atoms with van der Waals surface area (Å²) in [7, 11) is 0. The summed E-state index contributed by atoms with van der Waals surface area (Å²) in [6.07, 6.45) is -4.13. The monoisotopic (exact) mass is 252 g/mol. The Morgan fingerprint density at radius 1 is 1.24 bits per heavy atom. The number of guanidine groups is 1. The Morgan fingerprint density at radius 3 is 2.18 bits per heavy atom. The molecule has 0 aromatic rings. The Morgan fingerprint density at radius 2 is 1.76 bits per heavy atom. The van der Waals surface area contributed by atoms with Crippen LogP contribution in [0.25, 0.3) is 0 Å². The molecule has 1 saturated heterocycles. The minimum atomic E-state index is -4.13. The van der Waals surface area contributed by atoms with Gasteiger partial charge in [0, 0.05) is 32.2 Å². The van der Waals surface area contributed by atoms with Crippen LogP contribution in [0.5, 0.6) is 0 Å². The predicted octanol–water partition coefficient (Wildman–Crippen LogP) is 0.889. The zero-order chi connectivity index (χ0) is 13.1. The fourth-order valence-electron chi connectivity index (χ4n) is 1.73. The molecule has 0 radical (unpaired) electrons. The van der Waals surface area contributed by atoms with Gasteiger partial charge in [0.1, 0.15) is 0 Å². The van der Waals surface area contributed by atoms with Crippen LogP contribution in [-0.4, -0.2) is 60.7 Å². The minimum absolute atomic E-state index is 0.100. The quantitative estimate of drug-likeness (QED) is 0.586. The Labute approximate surface area is 99.3 Å². The van der Waals surface area contributed by atoms with Gasteiger partial charge in [0.25, 0.3) is 0 Å². The third-order valence-electron chi connectivity index (χ3n) is 2.49. The van der Waals surface area contributed by atoms with E-state index in [9.17, 15) is 13.2 Å². The SMILES string of the molecule is CC(C)N=C(N)N1CCN(CC(F)(F)F)CC1. The summed E-state index contributed by atoms with van der Waals surface area (Å²) in [6, 6.07) is 0.100. The van der Waals surface area contributed by atoms with E-state index in [4.69, 9.17) is 5.73 Å². The number of alkyl halides is 3. The maximum Gasteiger partial charge on any atom is 0.401 e. The summed E-state index contributed by atoms with van der Waals surface area (Å²) in [6.45, 7) is 4.71. The first kappa shape index (κ1) is 14.1. The predicted molar refractivity (Wildman–Crippen MR) is 60.8 cm³/mol. The first-order valence-electron chi connectivity index (χ1n) is 5.65. The maximum atomic E-state index is 12.2. The summed E-state index contributed by atoms with van der Waals surface area (Å²) in [5, 5.41) is 0. The van der Waals surface area contributed by atoms with Crippen molar-refractivity contribution in [2.24, 2.45) is 10.7 Å². The van der Waals surface area contributed by atoms with E-state index < -0.39 is 12.7 Å². The third kappa shape index (κ3) is 5.25. The zero-order valence-electron chi connectivity index (χ0n) is 10.2. The Kier molecular flexibility index (Phi) is 4.62. The zero-order valence-corrected chi connectivity index (χ0v) is 10.2. The molecule has 0 amide bonds. The second kappa shape index (κ2) is 5.57. The normalized spacial score (nSPS) is 20.1.